The number of nitrogens with one attached hydrogen (secondary N) is 2. The number of carbonyl (C=O) groups excluding carboxylic acids is 3. The molecule has 7 nitrogen and oxygen atoms in total. The third kappa shape index (κ3) is 3.91. The van der Waals surface area contributed by atoms with Crippen molar-refractivity contribution in [2.75, 3.05) is 19.0 Å². The first-order chi connectivity index (χ1) is 13.7. The van der Waals surface area contributed by atoms with Crippen molar-refractivity contribution in [1.82, 2.24) is 10.2 Å². The molecule has 2 aromatic rings. The Labute approximate surface area is 174 Å². The molecule has 0 radical (unpaired) electrons. The number of hydrogen-bond acceptors (Lipinski definition) is 4. The van der Waals surface area contributed by atoms with Crippen molar-refractivity contribution in [2.24, 2.45) is 0 Å². The van der Waals surface area contributed by atoms with Crippen LogP contribution in [0.4, 0.5) is 10.5 Å². The highest BCUT2D eigenvalue weighted by Crippen LogP contribution is 2.32. The van der Waals surface area contributed by atoms with E-state index in [2.05, 4.69) is 10.6 Å². The molecule has 3 rings (SSSR count). The van der Waals surface area contributed by atoms with E-state index in [1.807, 2.05) is 19.1 Å². The smallest absolute Gasteiger partial charge is 0.325 e. The van der Waals surface area contributed by atoms with Gasteiger partial charge in [-0.25, -0.2) is 4.79 Å². The molecule has 2 aromatic carbocycles. The number of amides is 4. The summed E-state index contributed by atoms with van der Waals surface area (Å²) >= 11 is 6.08. The van der Waals surface area contributed by atoms with Crippen LogP contribution in [-0.2, 0) is 15.1 Å². The van der Waals surface area contributed by atoms with Crippen LogP contribution >= 0.6 is 11.6 Å². The van der Waals surface area contributed by atoms with Crippen LogP contribution in [0, 0.1) is 13.8 Å². The highest BCUT2D eigenvalue weighted by molar-refractivity contribution is 6.31. The van der Waals surface area contributed by atoms with Gasteiger partial charge in [0.15, 0.2) is 0 Å². The lowest BCUT2D eigenvalue weighted by atomic mass is 9.91. The van der Waals surface area contributed by atoms with Gasteiger partial charge in [-0.15, -0.1) is 0 Å². The predicted octanol–water partition coefficient (Wildman–Crippen LogP) is 3.37. The highest BCUT2D eigenvalue weighted by Gasteiger charge is 2.49. The quantitative estimate of drug-likeness (QED) is 0.733. The molecule has 0 aromatic heterocycles. The van der Waals surface area contributed by atoms with Crippen LogP contribution in [0.3, 0.4) is 0 Å². The first-order valence-corrected chi connectivity index (χ1v) is 9.38. The number of nitrogens with zero attached hydrogens (tertiary/aromatic N) is 1. The molecule has 29 heavy (non-hydrogen) atoms. The number of halogens is 1. The minimum Gasteiger partial charge on any atom is -0.495 e. The van der Waals surface area contributed by atoms with Crippen LogP contribution in [-0.4, -0.2) is 36.4 Å². The van der Waals surface area contributed by atoms with E-state index >= 15 is 0 Å². The second kappa shape index (κ2) is 7.75. The van der Waals surface area contributed by atoms with Gasteiger partial charge in [0.2, 0.25) is 5.91 Å². The summed E-state index contributed by atoms with van der Waals surface area (Å²) in [5.41, 5.74) is 1.63. The largest absolute Gasteiger partial charge is 0.495 e. The normalized spacial score (nSPS) is 18.6. The van der Waals surface area contributed by atoms with Crippen LogP contribution in [0.5, 0.6) is 5.75 Å². The molecule has 1 unspecified atom stereocenters. The molecule has 1 fully saturated rings. The number of anilines is 1. The molecule has 152 valence electrons. The molecule has 4 amide bonds. The molecule has 1 heterocycles. The maximum atomic E-state index is 13.0. The first-order valence-electron chi connectivity index (χ1n) is 9.01. The van der Waals surface area contributed by atoms with Gasteiger partial charge in [-0.3, -0.25) is 14.5 Å². The third-order valence-electron chi connectivity index (χ3n) is 4.96. The van der Waals surface area contributed by atoms with Crippen molar-refractivity contribution in [2.45, 2.75) is 26.3 Å². The number of urea groups is 1. The highest BCUT2D eigenvalue weighted by atomic mass is 35.5. The Kier molecular flexibility index (Phi) is 5.53. The molecule has 1 saturated heterocycles. The molecule has 0 spiro atoms. The van der Waals surface area contributed by atoms with E-state index in [9.17, 15) is 14.4 Å². The van der Waals surface area contributed by atoms with Crippen LogP contribution < -0.4 is 15.4 Å². The van der Waals surface area contributed by atoms with E-state index < -0.39 is 29.9 Å². The van der Waals surface area contributed by atoms with E-state index in [4.69, 9.17) is 16.3 Å². The fourth-order valence-corrected chi connectivity index (χ4v) is 3.34. The summed E-state index contributed by atoms with van der Waals surface area (Å²) in [6.07, 6.45) is 0. The maximum Gasteiger partial charge on any atom is 0.325 e. The van der Waals surface area contributed by atoms with Gasteiger partial charge in [-0.05, 0) is 38.0 Å². The molecular formula is C21H22ClN3O4. The molecule has 0 aliphatic carbocycles. The average Bonchev–Trinajstić information content (AvgIpc) is 2.89. The average molecular weight is 416 g/mol. The molecule has 2 N–H and O–H groups in total. The number of hydrogen-bond donors (Lipinski definition) is 2. The molecule has 1 aliphatic heterocycles. The molecule has 0 saturated carbocycles. The lowest BCUT2D eigenvalue weighted by Crippen LogP contribution is -2.42. The third-order valence-corrected chi connectivity index (χ3v) is 5.37. The van der Waals surface area contributed by atoms with Crippen LogP contribution in [0.2, 0.25) is 5.02 Å². The minimum absolute atomic E-state index is 0.385. The lowest BCUT2D eigenvalue weighted by molar-refractivity contribution is -0.133. The summed E-state index contributed by atoms with van der Waals surface area (Å²) in [7, 11) is 1.46. The van der Waals surface area contributed by atoms with Crippen molar-refractivity contribution in [3.05, 3.63) is 58.1 Å². The van der Waals surface area contributed by atoms with Crippen molar-refractivity contribution < 1.29 is 19.1 Å². The van der Waals surface area contributed by atoms with Gasteiger partial charge >= 0.3 is 6.03 Å². The number of benzene rings is 2. The molecular weight excluding hydrogens is 394 g/mol. The molecule has 8 heteroatoms. The van der Waals surface area contributed by atoms with Crippen molar-refractivity contribution in [1.29, 1.82) is 0 Å². The summed E-state index contributed by atoms with van der Waals surface area (Å²) in [4.78, 5) is 38.8. The van der Waals surface area contributed by atoms with Gasteiger partial charge in [-0.1, -0.05) is 41.4 Å². The Bertz CT molecular complexity index is 990. The predicted molar refractivity (Wildman–Crippen MR) is 110 cm³/mol. The van der Waals surface area contributed by atoms with E-state index in [0.29, 0.717) is 22.0 Å². The number of imide groups is 1. The van der Waals surface area contributed by atoms with Crippen molar-refractivity contribution in [3.8, 4) is 5.75 Å². The number of methoxy groups -OCH3 is 1. The van der Waals surface area contributed by atoms with E-state index in [1.165, 1.54) is 7.11 Å². The maximum absolute atomic E-state index is 13.0. The van der Waals surface area contributed by atoms with Gasteiger partial charge < -0.3 is 15.4 Å². The Morgan fingerprint density at radius 1 is 1.21 bits per heavy atom. The zero-order chi connectivity index (χ0) is 21.3. The fourth-order valence-electron chi connectivity index (χ4n) is 3.19. The van der Waals surface area contributed by atoms with Crippen LogP contribution in [0.15, 0.2) is 36.4 Å². The lowest BCUT2D eigenvalue weighted by Gasteiger charge is -2.22. The van der Waals surface area contributed by atoms with Gasteiger partial charge in [0.05, 0.1) is 12.8 Å². The first kappa shape index (κ1) is 20.7. The standard InChI is InChI=1S/C21H22ClN3O4/c1-12-5-7-14(8-6-12)21(3)19(27)25(20(28)24-21)11-18(26)23-16-9-13(2)15(22)10-17(16)29-4/h5-10H,11H2,1-4H3,(H,23,26)(H,24,28). The number of carbonyl (C=O) groups is 3. The fraction of sp³-hybridized carbons (Fsp3) is 0.286. The second-order valence-electron chi connectivity index (χ2n) is 7.16. The van der Waals surface area contributed by atoms with E-state index in [1.54, 1.807) is 38.1 Å². The van der Waals surface area contributed by atoms with Crippen molar-refractivity contribution in [3.63, 3.8) is 0 Å². The van der Waals surface area contributed by atoms with Crippen LogP contribution in [0.1, 0.15) is 23.6 Å². The Morgan fingerprint density at radius 3 is 2.48 bits per heavy atom. The zero-order valence-electron chi connectivity index (χ0n) is 16.6. The summed E-state index contributed by atoms with van der Waals surface area (Å²) in [6, 6.07) is 9.95. The topological polar surface area (TPSA) is 87.7 Å². The summed E-state index contributed by atoms with van der Waals surface area (Å²) in [6.45, 7) is 4.94. The zero-order valence-corrected chi connectivity index (χ0v) is 17.4. The summed E-state index contributed by atoms with van der Waals surface area (Å²) in [5.74, 6) is -0.627. The Morgan fingerprint density at radius 2 is 1.86 bits per heavy atom. The molecule has 1 aliphatic rings. The van der Waals surface area contributed by atoms with Gasteiger partial charge in [0.25, 0.3) is 5.91 Å². The monoisotopic (exact) mass is 415 g/mol. The molecule has 1 atom stereocenters. The second-order valence-corrected chi connectivity index (χ2v) is 7.57. The van der Waals surface area contributed by atoms with Crippen molar-refractivity contribution >= 4 is 35.1 Å². The van der Waals surface area contributed by atoms with Gasteiger partial charge in [-0.2, -0.15) is 0 Å². The van der Waals surface area contributed by atoms with Crippen LogP contribution in [0.25, 0.3) is 0 Å². The Balaban J connectivity index is 1.77. The molecule has 0 bridgehead atoms. The SMILES string of the molecule is COc1cc(Cl)c(C)cc1NC(=O)CN1C(=O)NC(C)(c2ccc(C)cc2)C1=O. The van der Waals surface area contributed by atoms with E-state index in [-0.39, 0.29) is 0 Å². The number of ether oxygens (including phenoxy) is 1. The summed E-state index contributed by atoms with van der Waals surface area (Å²) < 4.78 is 5.24. The number of aryl methyl sites for hydroxylation is 2. The van der Waals surface area contributed by atoms with Gasteiger partial charge in [0, 0.05) is 11.1 Å². The van der Waals surface area contributed by atoms with E-state index in [0.717, 1.165) is 16.0 Å². The van der Waals surface area contributed by atoms with Gasteiger partial charge in [0.1, 0.15) is 17.8 Å². The summed E-state index contributed by atoms with van der Waals surface area (Å²) in [5, 5.41) is 5.87. The number of rotatable bonds is 5. The minimum atomic E-state index is -1.22. The Hall–Kier alpha value is -3.06.